The molecule has 0 bridgehead atoms. The lowest BCUT2D eigenvalue weighted by Gasteiger charge is -2.36. The molecule has 1 fully saturated rings. The molecule has 0 radical (unpaired) electrons. The van der Waals surface area contributed by atoms with Gasteiger partial charge in [0.25, 0.3) is 0 Å². The Kier molecular flexibility index (Phi) is 5.43. The van der Waals surface area contributed by atoms with Crippen molar-refractivity contribution in [2.45, 2.75) is 13.5 Å². The number of halogens is 1. The Balaban J connectivity index is 1.51. The van der Waals surface area contributed by atoms with Crippen LogP contribution >= 0.6 is 12.2 Å². The third-order valence-electron chi connectivity index (χ3n) is 4.39. The van der Waals surface area contributed by atoms with Crippen molar-refractivity contribution in [2.24, 2.45) is 0 Å². The van der Waals surface area contributed by atoms with Crippen LogP contribution < -0.4 is 5.32 Å². The molecule has 1 aliphatic heterocycles. The van der Waals surface area contributed by atoms with Crippen molar-refractivity contribution in [3.8, 4) is 0 Å². The summed E-state index contributed by atoms with van der Waals surface area (Å²) in [5, 5.41) is 3.79. The highest BCUT2D eigenvalue weighted by molar-refractivity contribution is 7.80. The molecule has 0 aromatic heterocycles. The Bertz CT molecular complexity index is 711. The minimum atomic E-state index is -0.258. The number of aryl methyl sites for hydroxylation is 1. The molecular formula is C19H22FN3S. The fourth-order valence-electron chi connectivity index (χ4n) is 2.91. The van der Waals surface area contributed by atoms with Gasteiger partial charge in [-0.15, -0.1) is 0 Å². The molecule has 126 valence electrons. The average Bonchev–Trinajstić information content (AvgIpc) is 2.57. The van der Waals surface area contributed by atoms with Crippen LogP contribution in [0.4, 0.5) is 10.1 Å². The monoisotopic (exact) mass is 343 g/mol. The average molecular weight is 343 g/mol. The lowest BCUT2D eigenvalue weighted by molar-refractivity contribution is 0.176. The van der Waals surface area contributed by atoms with Gasteiger partial charge < -0.3 is 10.2 Å². The Morgan fingerprint density at radius 1 is 1.08 bits per heavy atom. The van der Waals surface area contributed by atoms with Gasteiger partial charge in [-0.3, -0.25) is 4.90 Å². The van der Waals surface area contributed by atoms with Crippen LogP contribution in [0.15, 0.2) is 48.5 Å². The standard InChI is InChI=1S/C19H22FN3S/c1-15-5-2-3-6-16(15)14-22-9-11-23(12-10-22)19(24)21-18-8-4-7-17(20)13-18/h2-8,13H,9-12,14H2,1H3,(H,21,24). The van der Waals surface area contributed by atoms with Crippen LogP contribution in [0.3, 0.4) is 0 Å². The molecular weight excluding hydrogens is 321 g/mol. The molecule has 1 N–H and O–H groups in total. The first-order chi connectivity index (χ1) is 11.6. The lowest BCUT2D eigenvalue weighted by Crippen LogP contribution is -2.49. The van der Waals surface area contributed by atoms with E-state index in [1.54, 1.807) is 6.07 Å². The van der Waals surface area contributed by atoms with Crippen molar-refractivity contribution < 1.29 is 4.39 Å². The van der Waals surface area contributed by atoms with E-state index in [1.807, 2.05) is 6.07 Å². The summed E-state index contributed by atoms with van der Waals surface area (Å²) in [6, 6.07) is 14.9. The second-order valence-corrected chi connectivity index (χ2v) is 6.52. The van der Waals surface area contributed by atoms with Crippen LogP contribution in [0.25, 0.3) is 0 Å². The molecule has 0 saturated carbocycles. The number of hydrogen-bond acceptors (Lipinski definition) is 2. The van der Waals surface area contributed by atoms with E-state index in [4.69, 9.17) is 12.2 Å². The van der Waals surface area contributed by atoms with Crippen molar-refractivity contribution in [3.05, 3.63) is 65.5 Å². The molecule has 0 aliphatic carbocycles. The minimum Gasteiger partial charge on any atom is -0.346 e. The van der Waals surface area contributed by atoms with Gasteiger partial charge in [-0.2, -0.15) is 0 Å². The van der Waals surface area contributed by atoms with Gasteiger partial charge in [-0.25, -0.2) is 4.39 Å². The number of rotatable bonds is 3. The number of thiocarbonyl (C=S) groups is 1. The van der Waals surface area contributed by atoms with E-state index >= 15 is 0 Å². The van der Waals surface area contributed by atoms with Crippen LogP contribution in [-0.2, 0) is 6.54 Å². The van der Waals surface area contributed by atoms with Gasteiger partial charge >= 0.3 is 0 Å². The quantitative estimate of drug-likeness (QED) is 0.857. The normalized spacial score (nSPS) is 15.3. The number of piperazine rings is 1. The molecule has 24 heavy (non-hydrogen) atoms. The first-order valence-electron chi connectivity index (χ1n) is 8.20. The van der Waals surface area contributed by atoms with Gasteiger partial charge in [-0.1, -0.05) is 30.3 Å². The summed E-state index contributed by atoms with van der Waals surface area (Å²) < 4.78 is 13.2. The zero-order valence-electron chi connectivity index (χ0n) is 13.8. The van der Waals surface area contributed by atoms with Crippen molar-refractivity contribution in [2.75, 3.05) is 31.5 Å². The smallest absolute Gasteiger partial charge is 0.173 e. The Labute approximate surface area is 148 Å². The molecule has 2 aromatic carbocycles. The van der Waals surface area contributed by atoms with Gasteiger partial charge in [0.2, 0.25) is 0 Å². The molecule has 0 spiro atoms. The summed E-state index contributed by atoms with van der Waals surface area (Å²) in [6.07, 6.45) is 0. The molecule has 2 aromatic rings. The fourth-order valence-corrected chi connectivity index (χ4v) is 3.21. The lowest BCUT2D eigenvalue weighted by atomic mass is 10.1. The van der Waals surface area contributed by atoms with Crippen molar-refractivity contribution in [1.82, 2.24) is 9.80 Å². The zero-order chi connectivity index (χ0) is 16.9. The Hall–Kier alpha value is -1.98. The van der Waals surface area contributed by atoms with E-state index in [-0.39, 0.29) is 5.82 Å². The highest BCUT2D eigenvalue weighted by Gasteiger charge is 2.19. The Morgan fingerprint density at radius 3 is 2.54 bits per heavy atom. The predicted molar refractivity (Wildman–Crippen MR) is 101 cm³/mol. The second kappa shape index (κ2) is 7.73. The molecule has 1 aliphatic rings. The number of nitrogens with zero attached hydrogens (tertiary/aromatic N) is 2. The summed E-state index contributed by atoms with van der Waals surface area (Å²) in [5.41, 5.74) is 3.41. The van der Waals surface area contributed by atoms with Gasteiger partial charge in [0.15, 0.2) is 5.11 Å². The largest absolute Gasteiger partial charge is 0.346 e. The highest BCUT2D eigenvalue weighted by atomic mass is 32.1. The summed E-state index contributed by atoms with van der Waals surface area (Å²) in [7, 11) is 0. The van der Waals surface area contributed by atoms with E-state index in [0.717, 1.165) is 32.7 Å². The van der Waals surface area contributed by atoms with Crippen molar-refractivity contribution in [1.29, 1.82) is 0 Å². The van der Waals surface area contributed by atoms with Gasteiger partial charge in [0.1, 0.15) is 5.82 Å². The number of nitrogens with one attached hydrogen (secondary N) is 1. The van der Waals surface area contributed by atoms with Crippen molar-refractivity contribution in [3.63, 3.8) is 0 Å². The van der Waals surface area contributed by atoms with Gasteiger partial charge in [0, 0.05) is 38.4 Å². The third kappa shape index (κ3) is 4.30. The summed E-state index contributed by atoms with van der Waals surface area (Å²) in [5.74, 6) is -0.258. The molecule has 3 rings (SSSR count). The minimum absolute atomic E-state index is 0.258. The molecule has 0 atom stereocenters. The van der Waals surface area contributed by atoms with E-state index in [0.29, 0.717) is 10.8 Å². The first-order valence-corrected chi connectivity index (χ1v) is 8.61. The summed E-state index contributed by atoms with van der Waals surface area (Å²) >= 11 is 5.46. The number of hydrogen-bond donors (Lipinski definition) is 1. The molecule has 3 nitrogen and oxygen atoms in total. The summed E-state index contributed by atoms with van der Waals surface area (Å²) in [4.78, 5) is 4.60. The van der Waals surface area contributed by atoms with Crippen LogP contribution in [-0.4, -0.2) is 41.1 Å². The van der Waals surface area contributed by atoms with E-state index in [2.05, 4.69) is 46.3 Å². The molecule has 1 saturated heterocycles. The fraction of sp³-hybridized carbons (Fsp3) is 0.316. The zero-order valence-corrected chi connectivity index (χ0v) is 14.7. The predicted octanol–water partition coefficient (Wildman–Crippen LogP) is 3.65. The third-order valence-corrected chi connectivity index (χ3v) is 4.75. The molecule has 0 amide bonds. The van der Waals surface area contributed by atoms with E-state index in [1.165, 1.54) is 23.3 Å². The summed E-state index contributed by atoms with van der Waals surface area (Å²) in [6.45, 7) is 6.84. The van der Waals surface area contributed by atoms with Gasteiger partial charge in [0.05, 0.1) is 0 Å². The second-order valence-electron chi connectivity index (χ2n) is 6.13. The van der Waals surface area contributed by atoms with Crippen molar-refractivity contribution >= 4 is 23.0 Å². The topological polar surface area (TPSA) is 18.5 Å². The number of anilines is 1. The first kappa shape index (κ1) is 16.9. The van der Waals surface area contributed by atoms with Crippen LogP contribution in [0.2, 0.25) is 0 Å². The van der Waals surface area contributed by atoms with Gasteiger partial charge in [-0.05, 0) is 48.5 Å². The number of benzene rings is 2. The van der Waals surface area contributed by atoms with E-state index < -0.39 is 0 Å². The van der Waals surface area contributed by atoms with Crippen LogP contribution in [0.5, 0.6) is 0 Å². The molecule has 5 heteroatoms. The SMILES string of the molecule is Cc1ccccc1CN1CCN(C(=S)Nc2cccc(F)c2)CC1. The molecule has 1 heterocycles. The van der Waals surface area contributed by atoms with Crippen LogP contribution in [0.1, 0.15) is 11.1 Å². The maximum absolute atomic E-state index is 13.2. The maximum atomic E-state index is 13.2. The Morgan fingerprint density at radius 2 is 1.83 bits per heavy atom. The molecule has 0 unspecified atom stereocenters. The van der Waals surface area contributed by atoms with E-state index in [9.17, 15) is 4.39 Å². The maximum Gasteiger partial charge on any atom is 0.173 e. The highest BCUT2D eigenvalue weighted by Crippen LogP contribution is 2.14. The van der Waals surface area contributed by atoms with Crippen LogP contribution in [0, 0.1) is 12.7 Å².